The van der Waals surface area contributed by atoms with Crippen LogP contribution in [-0.2, 0) is 22.6 Å². The molecule has 0 fully saturated rings. The van der Waals surface area contributed by atoms with Gasteiger partial charge in [-0.1, -0.05) is 12.1 Å². The van der Waals surface area contributed by atoms with Gasteiger partial charge in [0.05, 0.1) is 5.69 Å². The smallest absolute Gasteiger partial charge is 0.414 e. The number of aromatic nitrogens is 1. The van der Waals surface area contributed by atoms with E-state index in [0.717, 1.165) is 36.7 Å². The molecule has 25 heavy (non-hydrogen) atoms. The van der Waals surface area contributed by atoms with Crippen LogP contribution in [0.5, 0.6) is 11.5 Å². The van der Waals surface area contributed by atoms with Crippen LogP contribution in [0, 0.1) is 0 Å². The second kappa shape index (κ2) is 9.24. The Balaban J connectivity index is 0.000000326. The van der Waals surface area contributed by atoms with E-state index in [2.05, 4.69) is 16.4 Å². The number of ether oxygens (including phenoxy) is 2. The van der Waals surface area contributed by atoms with Gasteiger partial charge >= 0.3 is 11.9 Å². The van der Waals surface area contributed by atoms with Gasteiger partial charge in [-0.05, 0) is 42.8 Å². The molecule has 0 spiro atoms. The van der Waals surface area contributed by atoms with E-state index in [4.69, 9.17) is 29.3 Å². The van der Waals surface area contributed by atoms with Crippen LogP contribution in [0.3, 0.4) is 0 Å². The van der Waals surface area contributed by atoms with Crippen molar-refractivity contribution in [1.29, 1.82) is 0 Å². The van der Waals surface area contributed by atoms with Crippen LogP contribution in [0.15, 0.2) is 42.6 Å². The fraction of sp³-hybridized carbons (Fsp3) is 0.235. The van der Waals surface area contributed by atoms with Gasteiger partial charge in [-0.2, -0.15) is 0 Å². The number of carboxylic acids is 2. The molecule has 0 bridgehead atoms. The highest BCUT2D eigenvalue weighted by Crippen LogP contribution is 2.32. The van der Waals surface area contributed by atoms with Crippen molar-refractivity contribution in [3.63, 3.8) is 0 Å². The van der Waals surface area contributed by atoms with Crippen molar-refractivity contribution in [3.8, 4) is 11.5 Å². The van der Waals surface area contributed by atoms with Gasteiger partial charge in [-0.3, -0.25) is 4.98 Å². The highest BCUT2D eigenvalue weighted by atomic mass is 16.7. The van der Waals surface area contributed by atoms with E-state index in [9.17, 15) is 0 Å². The number of hydrogen-bond donors (Lipinski definition) is 3. The molecule has 0 atom stereocenters. The van der Waals surface area contributed by atoms with E-state index in [-0.39, 0.29) is 0 Å². The minimum atomic E-state index is -1.82. The number of hydrogen-bond acceptors (Lipinski definition) is 6. The largest absolute Gasteiger partial charge is 0.473 e. The maximum atomic E-state index is 9.10. The van der Waals surface area contributed by atoms with E-state index >= 15 is 0 Å². The first-order valence-corrected chi connectivity index (χ1v) is 7.51. The van der Waals surface area contributed by atoms with E-state index in [1.807, 2.05) is 36.5 Å². The van der Waals surface area contributed by atoms with Crippen molar-refractivity contribution in [1.82, 2.24) is 10.3 Å². The lowest BCUT2D eigenvalue weighted by atomic mass is 10.1. The molecule has 0 amide bonds. The second-order valence-corrected chi connectivity index (χ2v) is 5.05. The molecule has 3 rings (SSSR count). The molecule has 8 heteroatoms. The van der Waals surface area contributed by atoms with Gasteiger partial charge in [0, 0.05) is 12.7 Å². The number of fused-ring (bicyclic) bond motifs is 1. The number of rotatable bonds is 5. The lowest BCUT2D eigenvalue weighted by molar-refractivity contribution is -0.159. The average Bonchev–Trinajstić information content (AvgIpc) is 3.08. The Morgan fingerprint density at radius 3 is 2.52 bits per heavy atom. The lowest BCUT2D eigenvalue weighted by Crippen LogP contribution is -2.17. The molecular weight excluding hydrogens is 328 g/mol. The second-order valence-electron chi connectivity index (χ2n) is 5.05. The van der Waals surface area contributed by atoms with Gasteiger partial charge in [0.25, 0.3) is 0 Å². The first kappa shape index (κ1) is 18.2. The molecule has 1 aromatic heterocycles. The average molecular weight is 346 g/mol. The van der Waals surface area contributed by atoms with Crippen molar-refractivity contribution in [2.75, 3.05) is 13.3 Å². The summed E-state index contributed by atoms with van der Waals surface area (Å²) in [5.41, 5.74) is 2.31. The summed E-state index contributed by atoms with van der Waals surface area (Å²) < 4.78 is 10.7. The summed E-state index contributed by atoms with van der Waals surface area (Å²) in [5.74, 6) is -1.96. The Bertz CT molecular complexity index is 708. The molecule has 132 valence electrons. The molecule has 1 aliphatic rings. The van der Waals surface area contributed by atoms with Gasteiger partial charge in [0.1, 0.15) is 0 Å². The Morgan fingerprint density at radius 1 is 1.08 bits per heavy atom. The third-order valence-electron chi connectivity index (χ3n) is 3.24. The number of carboxylic acid groups (broad SMARTS) is 2. The fourth-order valence-electron chi connectivity index (χ4n) is 2.05. The van der Waals surface area contributed by atoms with Crippen molar-refractivity contribution in [3.05, 3.63) is 53.9 Å². The molecule has 1 aliphatic heterocycles. The minimum absolute atomic E-state index is 0.330. The summed E-state index contributed by atoms with van der Waals surface area (Å²) in [6, 6.07) is 12.0. The molecule has 2 aromatic rings. The first-order chi connectivity index (χ1) is 12.1. The predicted octanol–water partition coefficient (Wildman–Crippen LogP) is 1.30. The Labute approximate surface area is 144 Å². The first-order valence-electron chi connectivity index (χ1n) is 7.51. The van der Waals surface area contributed by atoms with Crippen LogP contribution < -0.4 is 14.8 Å². The van der Waals surface area contributed by atoms with Gasteiger partial charge < -0.3 is 25.0 Å². The molecule has 0 saturated carbocycles. The van der Waals surface area contributed by atoms with Crippen LogP contribution in [0.25, 0.3) is 0 Å². The van der Waals surface area contributed by atoms with E-state index in [1.165, 1.54) is 5.56 Å². The number of nitrogens with one attached hydrogen (secondary N) is 1. The van der Waals surface area contributed by atoms with E-state index in [0.29, 0.717) is 6.79 Å². The molecule has 1 aromatic carbocycles. The number of carbonyl (C=O) groups is 2. The number of benzene rings is 1. The number of pyridine rings is 1. The van der Waals surface area contributed by atoms with E-state index in [1.54, 1.807) is 0 Å². The Morgan fingerprint density at radius 2 is 1.84 bits per heavy atom. The molecule has 3 N–H and O–H groups in total. The Kier molecular flexibility index (Phi) is 6.73. The summed E-state index contributed by atoms with van der Waals surface area (Å²) in [6.07, 6.45) is 2.78. The van der Waals surface area contributed by atoms with Crippen LogP contribution in [0.1, 0.15) is 11.3 Å². The van der Waals surface area contributed by atoms with Crippen LogP contribution in [0.2, 0.25) is 0 Å². The maximum absolute atomic E-state index is 9.10. The highest BCUT2D eigenvalue weighted by molar-refractivity contribution is 6.27. The summed E-state index contributed by atoms with van der Waals surface area (Å²) in [4.78, 5) is 22.5. The summed E-state index contributed by atoms with van der Waals surface area (Å²) in [7, 11) is 0. The van der Waals surface area contributed by atoms with Crippen molar-refractivity contribution < 1.29 is 29.3 Å². The van der Waals surface area contributed by atoms with Gasteiger partial charge in [-0.25, -0.2) is 9.59 Å². The van der Waals surface area contributed by atoms with Crippen LogP contribution in [-0.4, -0.2) is 40.5 Å². The third-order valence-corrected chi connectivity index (χ3v) is 3.24. The van der Waals surface area contributed by atoms with Gasteiger partial charge in [0.2, 0.25) is 6.79 Å². The molecule has 0 aliphatic carbocycles. The molecular formula is C17H18N2O6. The normalized spacial score (nSPS) is 11.4. The maximum Gasteiger partial charge on any atom is 0.414 e. The molecule has 0 saturated heterocycles. The summed E-state index contributed by atoms with van der Waals surface area (Å²) >= 11 is 0. The van der Waals surface area contributed by atoms with Crippen molar-refractivity contribution in [2.24, 2.45) is 0 Å². The number of nitrogens with zero attached hydrogens (tertiary/aromatic N) is 1. The zero-order valence-electron chi connectivity index (χ0n) is 13.3. The Hall–Kier alpha value is -3.13. The topological polar surface area (TPSA) is 118 Å². The lowest BCUT2D eigenvalue weighted by Gasteiger charge is -2.05. The zero-order chi connectivity index (χ0) is 18.1. The van der Waals surface area contributed by atoms with Gasteiger partial charge in [0.15, 0.2) is 11.5 Å². The van der Waals surface area contributed by atoms with Crippen LogP contribution >= 0.6 is 0 Å². The quantitative estimate of drug-likeness (QED) is 0.548. The predicted molar refractivity (Wildman–Crippen MR) is 87.5 cm³/mol. The van der Waals surface area contributed by atoms with Crippen molar-refractivity contribution in [2.45, 2.75) is 13.0 Å². The number of aliphatic carboxylic acids is 2. The SMILES string of the molecule is O=C(O)C(=O)O.c1ccc(CNCCc2ccc3c(c2)OCO3)nc1. The standard InChI is InChI=1S/C15H16N2O2.C2H2O4/c1-2-7-17-13(3-1)10-16-8-6-12-4-5-14-15(9-12)19-11-18-14;3-1(4)2(5)6/h1-5,7,9,16H,6,8,10-11H2;(H,3,4)(H,5,6). The molecule has 0 unspecified atom stereocenters. The summed E-state index contributed by atoms with van der Waals surface area (Å²) in [5, 5.41) is 18.2. The van der Waals surface area contributed by atoms with E-state index < -0.39 is 11.9 Å². The molecule has 8 nitrogen and oxygen atoms in total. The van der Waals surface area contributed by atoms with Gasteiger partial charge in [-0.15, -0.1) is 0 Å². The molecule has 2 heterocycles. The monoisotopic (exact) mass is 346 g/mol. The fourth-order valence-corrected chi connectivity index (χ4v) is 2.05. The highest BCUT2D eigenvalue weighted by Gasteiger charge is 2.12. The minimum Gasteiger partial charge on any atom is -0.473 e. The third kappa shape index (κ3) is 6.11. The molecule has 0 radical (unpaired) electrons. The van der Waals surface area contributed by atoms with Crippen molar-refractivity contribution >= 4 is 11.9 Å². The van der Waals surface area contributed by atoms with Crippen LogP contribution in [0.4, 0.5) is 0 Å². The summed E-state index contributed by atoms with van der Waals surface area (Å²) in [6.45, 7) is 2.04. The zero-order valence-corrected chi connectivity index (χ0v) is 13.3.